The number of anilines is 1. The van der Waals surface area contributed by atoms with Crippen LogP contribution in [0.5, 0.6) is 0 Å². The Hall–Kier alpha value is -3.62. The minimum atomic E-state index is -3.01. The largest absolute Gasteiger partial charge is 0.345 e. The Balaban J connectivity index is 1.37. The van der Waals surface area contributed by atoms with Crippen molar-refractivity contribution in [2.24, 2.45) is 11.8 Å². The fraction of sp³-hybridized carbons (Fsp3) is 0.333. The number of fused-ring (bicyclic) bond motifs is 1. The summed E-state index contributed by atoms with van der Waals surface area (Å²) in [4.78, 5) is 30.8. The van der Waals surface area contributed by atoms with Gasteiger partial charge < -0.3 is 9.88 Å². The summed E-state index contributed by atoms with van der Waals surface area (Å²) in [5, 5.41) is 0. The van der Waals surface area contributed by atoms with E-state index in [-0.39, 0.29) is 23.6 Å². The van der Waals surface area contributed by atoms with Crippen LogP contribution in [0.3, 0.4) is 0 Å². The van der Waals surface area contributed by atoms with Crippen molar-refractivity contribution in [2.75, 3.05) is 4.90 Å². The van der Waals surface area contributed by atoms with Crippen LogP contribution in [0.4, 0.5) is 14.5 Å². The topological polar surface area (TPSA) is 79.7 Å². The molecule has 3 aromatic heterocycles. The first-order chi connectivity index (χ1) is 15.8. The molecule has 7 nitrogen and oxygen atoms in total. The van der Waals surface area contributed by atoms with Crippen molar-refractivity contribution in [2.45, 2.75) is 38.7 Å². The molecule has 1 aromatic carbocycles. The molecule has 1 aliphatic heterocycles. The maximum atomic E-state index is 13.6. The summed E-state index contributed by atoms with van der Waals surface area (Å²) in [6, 6.07) is 7.54. The van der Waals surface area contributed by atoms with Gasteiger partial charge in [-0.2, -0.15) is 8.78 Å². The Morgan fingerprint density at radius 1 is 1.15 bits per heavy atom. The number of hydrogen-bond donors (Lipinski definition) is 1. The summed E-state index contributed by atoms with van der Waals surface area (Å²) in [5.74, 6) is -2.04. The van der Waals surface area contributed by atoms with Gasteiger partial charge in [-0.15, -0.1) is 0 Å². The number of nitrogens with one attached hydrogen (secondary N) is 1. The Morgan fingerprint density at radius 2 is 1.97 bits per heavy atom. The van der Waals surface area contributed by atoms with Crippen LogP contribution in [0.1, 0.15) is 42.6 Å². The van der Waals surface area contributed by atoms with Crippen LogP contribution in [-0.4, -0.2) is 30.4 Å². The Morgan fingerprint density at radius 3 is 2.67 bits per heavy atom. The molecular formula is C24H22F2N6O. The van der Waals surface area contributed by atoms with Gasteiger partial charge in [0.25, 0.3) is 5.92 Å². The van der Waals surface area contributed by atoms with Crippen LogP contribution >= 0.6 is 0 Å². The van der Waals surface area contributed by atoms with Gasteiger partial charge in [0.1, 0.15) is 17.8 Å². The molecule has 1 saturated carbocycles. The number of carbonyl (C=O) groups is 1. The number of nitrogens with zero attached hydrogens (tertiary/aromatic N) is 5. The zero-order valence-electron chi connectivity index (χ0n) is 18.2. The molecule has 168 valence electrons. The molecule has 1 N–H and O–H groups in total. The van der Waals surface area contributed by atoms with Gasteiger partial charge in [0.15, 0.2) is 0 Å². The van der Waals surface area contributed by atoms with Crippen LogP contribution in [-0.2, 0) is 10.7 Å². The van der Waals surface area contributed by atoms with E-state index >= 15 is 0 Å². The van der Waals surface area contributed by atoms with Crippen LogP contribution in [0.15, 0.2) is 49.3 Å². The fourth-order valence-corrected chi connectivity index (χ4v) is 4.79. The second-order valence-corrected chi connectivity index (χ2v) is 9.07. The average molecular weight is 448 g/mol. The zero-order valence-corrected chi connectivity index (χ0v) is 18.2. The fourth-order valence-electron chi connectivity index (χ4n) is 4.79. The number of rotatable bonds is 5. The highest BCUT2D eigenvalue weighted by Crippen LogP contribution is 2.54. The maximum Gasteiger partial charge on any atom is 0.288 e. The first-order valence-corrected chi connectivity index (χ1v) is 11.0. The number of benzene rings is 1. The van der Waals surface area contributed by atoms with E-state index in [2.05, 4.69) is 19.9 Å². The van der Waals surface area contributed by atoms with Crippen LogP contribution in [0.2, 0.25) is 0 Å². The number of β-lactam (4-membered cyclic amide) rings is 1. The highest BCUT2D eigenvalue weighted by molar-refractivity contribution is 6.04. The number of aromatic nitrogens is 5. The summed E-state index contributed by atoms with van der Waals surface area (Å²) in [6.07, 6.45) is 8.17. The zero-order chi connectivity index (χ0) is 22.9. The highest BCUT2D eigenvalue weighted by atomic mass is 19.3. The van der Waals surface area contributed by atoms with Gasteiger partial charge in [-0.3, -0.25) is 9.36 Å². The lowest BCUT2D eigenvalue weighted by molar-refractivity contribution is -0.131. The van der Waals surface area contributed by atoms with Gasteiger partial charge >= 0.3 is 0 Å². The van der Waals surface area contributed by atoms with Crippen molar-refractivity contribution >= 4 is 22.6 Å². The lowest BCUT2D eigenvalue weighted by atomic mass is 9.78. The second kappa shape index (κ2) is 6.94. The minimum absolute atomic E-state index is 0.0649. The molecule has 9 heteroatoms. The van der Waals surface area contributed by atoms with E-state index in [0.717, 1.165) is 47.6 Å². The third-order valence-electron chi connectivity index (χ3n) is 6.71. The summed E-state index contributed by atoms with van der Waals surface area (Å²) < 4.78 is 28.7. The Bertz CT molecular complexity index is 1380. The Kier molecular flexibility index (Phi) is 4.21. The molecule has 4 aromatic rings. The normalized spacial score (nSPS) is 21.0. The van der Waals surface area contributed by atoms with Gasteiger partial charge in [0, 0.05) is 25.0 Å². The molecular weight excluding hydrogens is 426 g/mol. The molecule has 0 radical (unpaired) electrons. The molecule has 4 heterocycles. The van der Waals surface area contributed by atoms with Crippen molar-refractivity contribution in [3.05, 3.63) is 66.1 Å². The predicted octanol–water partition coefficient (Wildman–Crippen LogP) is 4.68. The van der Waals surface area contributed by atoms with E-state index in [0.29, 0.717) is 11.7 Å². The number of pyridine rings is 1. The summed E-state index contributed by atoms with van der Waals surface area (Å²) in [6.45, 7) is 2.79. The number of H-pyrrole nitrogens is 1. The predicted molar refractivity (Wildman–Crippen MR) is 118 cm³/mol. The van der Waals surface area contributed by atoms with E-state index < -0.39 is 5.92 Å². The minimum Gasteiger partial charge on any atom is -0.345 e. The molecule has 6 rings (SSSR count). The standard InChI is InChI=1S/C24H22F2N6O/c1-13-7-20(31-10-19(30-12-31)24(2,25)26)27-9-16(13)22-21(14-3-4-14)23(33)32(22)15-5-6-17-18(8-15)29-11-28-17/h5-12,14,21-22H,3-4H2,1-2H3,(H,28,29)/t21?,22-/m0/s1. The number of aromatic amines is 1. The smallest absolute Gasteiger partial charge is 0.288 e. The molecule has 2 aliphatic rings. The van der Waals surface area contributed by atoms with E-state index in [1.165, 1.54) is 17.1 Å². The lowest BCUT2D eigenvalue weighted by Gasteiger charge is -2.48. The van der Waals surface area contributed by atoms with Gasteiger partial charge in [-0.25, -0.2) is 15.0 Å². The van der Waals surface area contributed by atoms with Gasteiger partial charge in [-0.1, -0.05) is 0 Å². The van der Waals surface area contributed by atoms with E-state index in [4.69, 9.17) is 0 Å². The summed E-state index contributed by atoms with van der Waals surface area (Å²) in [7, 11) is 0. The summed E-state index contributed by atoms with van der Waals surface area (Å²) >= 11 is 0. The first kappa shape index (κ1) is 20.0. The molecule has 0 spiro atoms. The number of halogens is 2. The van der Waals surface area contributed by atoms with Crippen molar-refractivity contribution < 1.29 is 13.6 Å². The van der Waals surface area contributed by atoms with E-state index in [9.17, 15) is 13.6 Å². The van der Waals surface area contributed by atoms with Gasteiger partial charge in [-0.05, 0) is 61.1 Å². The molecule has 1 saturated heterocycles. The monoisotopic (exact) mass is 448 g/mol. The third kappa shape index (κ3) is 3.21. The summed E-state index contributed by atoms with van der Waals surface area (Å²) in [5.41, 5.74) is 4.16. The quantitative estimate of drug-likeness (QED) is 0.450. The van der Waals surface area contributed by atoms with Gasteiger partial charge in [0.2, 0.25) is 5.91 Å². The Labute approximate surface area is 188 Å². The highest BCUT2D eigenvalue weighted by Gasteiger charge is 2.55. The number of hydrogen-bond acceptors (Lipinski definition) is 4. The number of alkyl halides is 2. The number of imidazole rings is 2. The van der Waals surface area contributed by atoms with Crippen LogP contribution < -0.4 is 4.90 Å². The van der Waals surface area contributed by atoms with Gasteiger partial charge in [0.05, 0.1) is 29.3 Å². The molecule has 2 atom stereocenters. The molecule has 1 aliphatic carbocycles. The second-order valence-electron chi connectivity index (χ2n) is 9.07. The number of amides is 1. The number of carbonyl (C=O) groups excluding carboxylic acids is 1. The van der Waals surface area contributed by atoms with E-state index in [1.54, 1.807) is 12.5 Å². The average Bonchev–Trinajstić information content (AvgIpc) is 3.25. The van der Waals surface area contributed by atoms with Crippen LogP contribution in [0, 0.1) is 18.8 Å². The van der Waals surface area contributed by atoms with Crippen molar-refractivity contribution in [1.82, 2.24) is 24.5 Å². The third-order valence-corrected chi connectivity index (χ3v) is 6.71. The van der Waals surface area contributed by atoms with E-state index in [1.807, 2.05) is 36.1 Å². The van der Waals surface area contributed by atoms with Crippen molar-refractivity contribution in [3.8, 4) is 5.82 Å². The number of aryl methyl sites for hydroxylation is 1. The maximum absolute atomic E-state index is 13.6. The molecule has 2 fully saturated rings. The molecule has 33 heavy (non-hydrogen) atoms. The van der Waals surface area contributed by atoms with Crippen LogP contribution in [0.25, 0.3) is 16.9 Å². The molecule has 0 bridgehead atoms. The van der Waals surface area contributed by atoms with Crippen molar-refractivity contribution in [3.63, 3.8) is 0 Å². The molecule has 1 amide bonds. The first-order valence-electron chi connectivity index (χ1n) is 11.0. The van der Waals surface area contributed by atoms with Crippen molar-refractivity contribution in [1.29, 1.82) is 0 Å². The SMILES string of the molecule is Cc1cc(-n2cnc(C(C)(F)F)c2)ncc1[C@H]1C(C2CC2)C(=O)N1c1ccc2[nH]cnc2c1. The lowest BCUT2D eigenvalue weighted by Crippen LogP contribution is -2.56. The molecule has 1 unspecified atom stereocenters.